The zero-order valence-corrected chi connectivity index (χ0v) is 18.9. The number of hydrogen-bond acceptors (Lipinski definition) is 5. The Kier molecular flexibility index (Phi) is 9.70. The summed E-state index contributed by atoms with van der Waals surface area (Å²) in [6.07, 6.45) is 3.28. The van der Waals surface area contributed by atoms with Crippen LogP contribution in [0.4, 0.5) is 13.2 Å². The van der Waals surface area contributed by atoms with Gasteiger partial charge in [-0.15, -0.1) is 38.0 Å². The highest BCUT2D eigenvalue weighted by Gasteiger charge is 2.64. The molecule has 2 aliphatic carbocycles. The molecular formula is C20H33Cl2F3N2O3. The van der Waals surface area contributed by atoms with Gasteiger partial charge in [0.15, 0.2) is 0 Å². The number of halogens is 5. The van der Waals surface area contributed by atoms with Crippen LogP contribution in [0.1, 0.15) is 38.5 Å². The van der Waals surface area contributed by atoms with E-state index < -0.39 is 23.2 Å². The van der Waals surface area contributed by atoms with E-state index in [-0.39, 0.29) is 44.1 Å². The molecule has 0 aromatic rings. The Morgan fingerprint density at radius 2 is 1.50 bits per heavy atom. The van der Waals surface area contributed by atoms with Crippen molar-refractivity contribution < 1.29 is 28.1 Å². The van der Waals surface area contributed by atoms with E-state index in [1.807, 2.05) is 7.05 Å². The second-order valence-corrected chi connectivity index (χ2v) is 8.41. The van der Waals surface area contributed by atoms with Crippen LogP contribution < -0.4 is 0 Å². The van der Waals surface area contributed by atoms with Crippen LogP contribution in [-0.4, -0.2) is 82.9 Å². The van der Waals surface area contributed by atoms with Crippen molar-refractivity contribution in [1.29, 1.82) is 0 Å². The molecule has 3 aliphatic rings. The van der Waals surface area contributed by atoms with E-state index in [0.29, 0.717) is 19.4 Å². The largest absolute Gasteiger partial charge is 0.523 e. The fourth-order valence-electron chi connectivity index (χ4n) is 4.78. The van der Waals surface area contributed by atoms with E-state index in [9.17, 15) is 23.4 Å². The van der Waals surface area contributed by atoms with Crippen LogP contribution in [0.15, 0.2) is 24.3 Å². The van der Waals surface area contributed by atoms with E-state index >= 15 is 0 Å². The van der Waals surface area contributed by atoms with Crippen LogP contribution in [0.2, 0.25) is 0 Å². The first kappa shape index (κ1) is 27.7. The van der Waals surface area contributed by atoms with E-state index in [2.05, 4.69) is 14.5 Å². The third kappa shape index (κ3) is 5.71. The molecule has 1 heterocycles. The van der Waals surface area contributed by atoms with Gasteiger partial charge in [-0.3, -0.25) is 4.74 Å². The van der Waals surface area contributed by atoms with Crippen molar-refractivity contribution in [3.8, 4) is 0 Å². The van der Waals surface area contributed by atoms with Gasteiger partial charge in [-0.2, -0.15) is 0 Å². The summed E-state index contributed by atoms with van der Waals surface area (Å²) in [7, 11) is 2.01. The number of aliphatic hydroxyl groups is 2. The maximum absolute atomic E-state index is 13.4. The monoisotopic (exact) mass is 476 g/mol. The van der Waals surface area contributed by atoms with Crippen molar-refractivity contribution in [3.05, 3.63) is 24.3 Å². The molecule has 2 unspecified atom stereocenters. The van der Waals surface area contributed by atoms with Gasteiger partial charge in [0.2, 0.25) is 0 Å². The number of allylic oxidation sites excluding steroid dienone is 2. The fourth-order valence-corrected chi connectivity index (χ4v) is 4.78. The molecule has 1 aliphatic heterocycles. The first-order chi connectivity index (χ1) is 13.1. The molecule has 1 saturated heterocycles. The van der Waals surface area contributed by atoms with Gasteiger partial charge in [-0.05, 0) is 38.5 Å². The molecule has 3 rings (SSSR count). The fraction of sp³-hybridized carbons (Fsp3) is 0.800. The van der Waals surface area contributed by atoms with Crippen LogP contribution in [-0.2, 0) is 4.74 Å². The highest BCUT2D eigenvalue weighted by Crippen LogP contribution is 2.50. The topological polar surface area (TPSA) is 56.2 Å². The third-order valence-electron chi connectivity index (χ3n) is 6.54. The molecule has 2 atom stereocenters. The summed E-state index contributed by atoms with van der Waals surface area (Å²) in [4.78, 5) is 4.25. The number of piperazine rings is 1. The van der Waals surface area contributed by atoms with Gasteiger partial charge in [0, 0.05) is 32.7 Å². The smallest absolute Gasteiger partial charge is 0.386 e. The normalized spacial score (nSPS) is 32.3. The minimum atomic E-state index is -4.93. The second-order valence-electron chi connectivity index (χ2n) is 8.41. The van der Waals surface area contributed by atoms with Crippen molar-refractivity contribution in [2.24, 2.45) is 0 Å². The molecule has 0 aromatic heterocycles. The number of alkyl halides is 3. The lowest BCUT2D eigenvalue weighted by Crippen LogP contribution is -2.69. The molecule has 30 heavy (non-hydrogen) atoms. The summed E-state index contributed by atoms with van der Waals surface area (Å²) in [5, 5.41) is 22.8. The molecule has 10 heteroatoms. The van der Waals surface area contributed by atoms with Gasteiger partial charge in [0.25, 0.3) is 0 Å². The van der Waals surface area contributed by atoms with Crippen molar-refractivity contribution in [1.82, 2.24) is 9.80 Å². The number of nitrogens with zero attached hydrogens (tertiary/aromatic N) is 2. The quantitative estimate of drug-likeness (QED) is 0.637. The third-order valence-corrected chi connectivity index (χ3v) is 6.54. The minimum Gasteiger partial charge on any atom is -0.386 e. The van der Waals surface area contributed by atoms with Crippen LogP contribution in [0.25, 0.3) is 0 Å². The maximum atomic E-state index is 13.4. The highest BCUT2D eigenvalue weighted by molar-refractivity contribution is 5.85. The Bertz CT molecular complexity index is 607. The molecule has 176 valence electrons. The lowest BCUT2D eigenvalue weighted by Gasteiger charge is -2.54. The van der Waals surface area contributed by atoms with Crippen LogP contribution in [0.3, 0.4) is 0 Å². The molecule has 0 amide bonds. The van der Waals surface area contributed by atoms with Crippen molar-refractivity contribution in [2.75, 3.05) is 39.8 Å². The molecular weight excluding hydrogens is 444 g/mol. The average Bonchev–Trinajstić information content (AvgIpc) is 2.63. The first-order valence-corrected chi connectivity index (χ1v) is 10.1. The lowest BCUT2D eigenvalue weighted by atomic mass is 9.62. The number of likely N-dealkylation sites (N-methyl/N-ethyl adjacent to an activating group) is 1. The van der Waals surface area contributed by atoms with Crippen molar-refractivity contribution in [3.63, 3.8) is 0 Å². The molecule has 5 nitrogen and oxygen atoms in total. The number of rotatable bonds is 5. The second kappa shape index (κ2) is 10.5. The van der Waals surface area contributed by atoms with Gasteiger partial charge >= 0.3 is 6.36 Å². The van der Waals surface area contributed by atoms with Gasteiger partial charge in [-0.1, -0.05) is 31.4 Å². The Morgan fingerprint density at radius 1 is 0.933 bits per heavy atom. The predicted molar refractivity (Wildman–Crippen MR) is 114 cm³/mol. The van der Waals surface area contributed by atoms with E-state index in [1.54, 1.807) is 0 Å². The Labute approximate surface area is 188 Å². The van der Waals surface area contributed by atoms with Crippen LogP contribution in [0.5, 0.6) is 0 Å². The Balaban J connectivity index is 0.00000225. The summed E-state index contributed by atoms with van der Waals surface area (Å²) in [6.45, 7) is 3.54. The highest BCUT2D eigenvalue weighted by atomic mass is 35.5. The summed E-state index contributed by atoms with van der Waals surface area (Å²) in [6, 6.07) is 0. The Morgan fingerprint density at radius 3 is 2.07 bits per heavy atom. The summed E-state index contributed by atoms with van der Waals surface area (Å²) in [5.74, 6) is 0. The van der Waals surface area contributed by atoms with Gasteiger partial charge in [0.05, 0.1) is 0 Å². The molecule has 0 bridgehead atoms. The van der Waals surface area contributed by atoms with Crippen LogP contribution >= 0.6 is 24.8 Å². The van der Waals surface area contributed by atoms with Gasteiger partial charge in [0.1, 0.15) is 16.8 Å². The molecule has 0 aromatic carbocycles. The molecule has 0 radical (unpaired) electrons. The predicted octanol–water partition coefficient (Wildman–Crippen LogP) is 3.30. The van der Waals surface area contributed by atoms with E-state index in [4.69, 9.17) is 0 Å². The summed E-state index contributed by atoms with van der Waals surface area (Å²) in [5.41, 5.74) is -5.85. The number of ether oxygens (including phenoxy) is 1. The zero-order chi connectivity index (χ0) is 20.5. The van der Waals surface area contributed by atoms with Gasteiger partial charge in [-0.25, -0.2) is 0 Å². The molecule has 2 N–H and O–H groups in total. The van der Waals surface area contributed by atoms with E-state index in [0.717, 1.165) is 32.6 Å². The van der Waals surface area contributed by atoms with E-state index in [1.165, 1.54) is 24.3 Å². The molecule has 0 spiro atoms. The van der Waals surface area contributed by atoms with Gasteiger partial charge < -0.3 is 20.0 Å². The SMILES string of the molecule is CN1CCN(CCC2(OC(F)(F)F)C=CC=CC2(O)C2(O)CCCCC2)CC1.Cl.Cl. The average molecular weight is 477 g/mol. The number of hydrogen-bond donors (Lipinski definition) is 2. The van der Waals surface area contributed by atoms with Crippen molar-refractivity contribution >= 4 is 24.8 Å². The zero-order valence-electron chi connectivity index (χ0n) is 17.2. The molecule has 2 fully saturated rings. The van der Waals surface area contributed by atoms with Crippen molar-refractivity contribution in [2.45, 2.75) is 61.7 Å². The maximum Gasteiger partial charge on any atom is 0.523 e. The minimum absolute atomic E-state index is 0. The van der Waals surface area contributed by atoms with Crippen LogP contribution in [0, 0.1) is 0 Å². The first-order valence-electron chi connectivity index (χ1n) is 10.1. The Hall–Kier alpha value is -0.350. The summed E-state index contributed by atoms with van der Waals surface area (Å²) < 4.78 is 45.0. The summed E-state index contributed by atoms with van der Waals surface area (Å²) >= 11 is 0. The standard InChI is InChI=1S/C20H31F3N2O3.2ClH/c1-24-13-15-25(16-14-24)12-11-18(28-20(21,22)23)9-5-6-10-19(18,27)17(26)7-3-2-4-8-17;;/h5-6,9-10,26-27H,2-4,7-8,11-16H2,1H3;2*1H. The lowest BCUT2D eigenvalue weighted by molar-refractivity contribution is -0.389. The molecule has 1 saturated carbocycles.